The number of fused-ring (bicyclic) bond motifs is 2. The molecule has 0 aromatic heterocycles. The average Bonchev–Trinajstić information content (AvgIpc) is 2.32. The van der Waals surface area contributed by atoms with E-state index in [0.717, 1.165) is 0 Å². The minimum Gasteiger partial charge on any atom is -0.112 e. The van der Waals surface area contributed by atoms with Gasteiger partial charge in [-0.25, -0.2) is 0 Å². The Morgan fingerprint density at radius 1 is 0.474 bits per heavy atom. The SMILES string of the molecule is CC1(C)C2(C)C(Cl)(Cl)C(Cl)(Cl)C1(Cl)C(Cl)(Cl)C2(Cl)Cl. The molecule has 2 aliphatic rings. The fourth-order valence-corrected chi connectivity index (χ4v) is 8.77. The highest BCUT2D eigenvalue weighted by molar-refractivity contribution is 6.74. The minimum absolute atomic E-state index is 0.957. The number of hydrogen-bond acceptors (Lipinski definition) is 0. The second-order valence-corrected chi connectivity index (χ2v) is 11.6. The van der Waals surface area contributed by atoms with Crippen LogP contribution in [0.4, 0.5) is 0 Å². The summed E-state index contributed by atoms with van der Waals surface area (Å²) in [5.41, 5.74) is -2.23. The van der Waals surface area contributed by atoms with Crippen LogP contribution >= 0.6 is 104 Å². The highest BCUT2D eigenvalue weighted by Crippen LogP contribution is 2.91. The van der Waals surface area contributed by atoms with Crippen molar-refractivity contribution in [2.24, 2.45) is 10.8 Å². The maximum absolute atomic E-state index is 6.66. The lowest BCUT2D eigenvalue weighted by Gasteiger charge is -2.55. The van der Waals surface area contributed by atoms with E-state index < -0.39 is 33.0 Å². The Morgan fingerprint density at radius 2 is 0.737 bits per heavy atom. The fraction of sp³-hybridized carbons (Fsp3) is 1.00. The van der Waals surface area contributed by atoms with Crippen molar-refractivity contribution < 1.29 is 0 Å². The maximum Gasteiger partial charge on any atom is 0.174 e. The second kappa shape index (κ2) is 3.98. The van der Waals surface area contributed by atoms with Gasteiger partial charge in [0.15, 0.2) is 17.3 Å². The molecule has 0 aliphatic heterocycles. The normalized spacial score (nSPS) is 47.4. The fourth-order valence-electron chi connectivity index (χ4n) is 3.37. The number of halogens is 9. The van der Waals surface area contributed by atoms with Gasteiger partial charge in [-0.3, -0.25) is 0 Å². The van der Waals surface area contributed by atoms with Gasteiger partial charge in [0.25, 0.3) is 0 Å². The maximum atomic E-state index is 6.66. The molecule has 0 radical (unpaired) electrons. The van der Waals surface area contributed by atoms with E-state index in [9.17, 15) is 0 Å². The molecule has 0 N–H and O–H groups in total. The minimum atomic E-state index is -1.86. The highest BCUT2D eigenvalue weighted by Gasteiger charge is 2.99. The van der Waals surface area contributed by atoms with E-state index in [4.69, 9.17) is 104 Å². The van der Waals surface area contributed by atoms with Crippen molar-refractivity contribution >= 4 is 104 Å². The zero-order valence-electron chi connectivity index (χ0n) is 9.90. The van der Waals surface area contributed by atoms with Crippen molar-refractivity contribution in [3.8, 4) is 0 Å². The molecule has 9 heteroatoms. The van der Waals surface area contributed by atoms with Gasteiger partial charge in [0.05, 0.1) is 0 Å². The molecule has 112 valence electrons. The lowest BCUT2D eigenvalue weighted by molar-refractivity contribution is 0.142. The molecule has 0 nitrogen and oxygen atoms in total. The Balaban J connectivity index is 2.99. The van der Waals surface area contributed by atoms with Gasteiger partial charge in [0.2, 0.25) is 0 Å². The first kappa shape index (κ1) is 18.0. The van der Waals surface area contributed by atoms with Crippen molar-refractivity contribution in [1.82, 2.24) is 0 Å². The van der Waals surface area contributed by atoms with Crippen molar-refractivity contribution in [2.75, 3.05) is 0 Å². The Bertz CT molecular complexity index is 380. The molecular formula is C10H9Cl9. The van der Waals surface area contributed by atoms with Crippen LogP contribution in [0.15, 0.2) is 0 Å². The largest absolute Gasteiger partial charge is 0.174 e. The van der Waals surface area contributed by atoms with Crippen molar-refractivity contribution in [2.45, 2.75) is 43.0 Å². The molecule has 0 heterocycles. The summed E-state index contributed by atoms with van der Waals surface area (Å²) >= 11 is 57.8. The standard InChI is InChI=1S/C10H9Cl9/c1-4(2)5(3)7(12,13)9(16,17)6(4,11)10(18,19)8(5,14)15/h1-3H3. The smallest absolute Gasteiger partial charge is 0.112 e. The predicted molar refractivity (Wildman–Crippen MR) is 88.2 cm³/mol. The summed E-state index contributed by atoms with van der Waals surface area (Å²) in [5.74, 6) is 0. The van der Waals surface area contributed by atoms with Gasteiger partial charge in [-0.15, -0.1) is 11.6 Å². The van der Waals surface area contributed by atoms with Gasteiger partial charge >= 0.3 is 0 Å². The number of hydrogen-bond donors (Lipinski definition) is 0. The first-order chi connectivity index (χ1) is 8.00. The molecule has 2 fully saturated rings. The molecule has 0 saturated heterocycles. The Labute approximate surface area is 157 Å². The topological polar surface area (TPSA) is 0 Å². The van der Waals surface area contributed by atoms with E-state index in [2.05, 4.69) is 0 Å². The molecule has 0 atom stereocenters. The first-order valence-electron chi connectivity index (χ1n) is 5.20. The number of rotatable bonds is 0. The van der Waals surface area contributed by atoms with Crippen molar-refractivity contribution in [1.29, 1.82) is 0 Å². The summed E-state index contributed by atoms with van der Waals surface area (Å²) < 4.78 is -7.24. The van der Waals surface area contributed by atoms with E-state index in [-0.39, 0.29) is 0 Å². The van der Waals surface area contributed by atoms with E-state index in [1.54, 1.807) is 20.8 Å². The van der Waals surface area contributed by atoms with E-state index in [0.29, 0.717) is 0 Å². The zero-order valence-corrected chi connectivity index (χ0v) is 16.7. The lowest BCUT2D eigenvalue weighted by Crippen LogP contribution is -2.68. The lowest BCUT2D eigenvalue weighted by atomic mass is 9.70. The van der Waals surface area contributed by atoms with Crippen LogP contribution in [0.3, 0.4) is 0 Å². The molecule has 19 heavy (non-hydrogen) atoms. The van der Waals surface area contributed by atoms with Gasteiger partial charge in [0.1, 0.15) is 4.87 Å². The number of alkyl halides is 9. The van der Waals surface area contributed by atoms with E-state index >= 15 is 0 Å². The van der Waals surface area contributed by atoms with Crippen LogP contribution in [0.25, 0.3) is 0 Å². The van der Waals surface area contributed by atoms with E-state index in [1.807, 2.05) is 0 Å². The molecule has 2 rings (SSSR count). The van der Waals surface area contributed by atoms with Crippen LogP contribution in [0.2, 0.25) is 0 Å². The van der Waals surface area contributed by atoms with E-state index in [1.165, 1.54) is 0 Å². The third-order valence-corrected chi connectivity index (χ3v) is 12.1. The molecule has 0 amide bonds. The molecule has 2 saturated carbocycles. The average molecular weight is 448 g/mol. The van der Waals surface area contributed by atoms with Crippen molar-refractivity contribution in [3.05, 3.63) is 0 Å². The van der Waals surface area contributed by atoms with Gasteiger partial charge in [-0.1, -0.05) is 114 Å². The third kappa shape index (κ3) is 1.28. The molecule has 2 aliphatic carbocycles. The summed E-state index contributed by atoms with van der Waals surface area (Å²) in [6.07, 6.45) is 0. The van der Waals surface area contributed by atoms with Crippen LogP contribution in [0, 0.1) is 10.8 Å². The predicted octanol–water partition coefficient (Wildman–Crippen LogP) is 6.72. The van der Waals surface area contributed by atoms with Crippen LogP contribution < -0.4 is 0 Å². The zero-order chi connectivity index (χ0) is 15.5. The van der Waals surface area contributed by atoms with Crippen LogP contribution in [-0.2, 0) is 0 Å². The van der Waals surface area contributed by atoms with Gasteiger partial charge in [0, 0.05) is 10.8 Å². The summed E-state index contributed by atoms with van der Waals surface area (Å²) in [7, 11) is 0. The molecular weight excluding hydrogens is 439 g/mol. The second-order valence-electron chi connectivity index (χ2n) is 5.71. The molecule has 2 bridgehead atoms. The Morgan fingerprint density at radius 3 is 0.895 bits per heavy atom. The summed E-state index contributed by atoms with van der Waals surface area (Å²) in [5, 5.41) is 0. The molecule has 0 aromatic carbocycles. The Kier molecular flexibility index (Phi) is 3.76. The molecule has 0 spiro atoms. The summed E-state index contributed by atoms with van der Waals surface area (Å²) in [4.78, 5) is -1.67. The summed E-state index contributed by atoms with van der Waals surface area (Å²) in [6, 6.07) is 0. The van der Waals surface area contributed by atoms with Crippen LogP contribution in [-0.4, -0.2) is 22.2 Å². The first-order valence-corrected chi connectivity index (χ1v) is 8.60. The van der Waals surface area contributed by atoms with Gasteiger partial charge in [-0.05, 0) is 0 Å². The summed E-state index contributed by atoms with van der Waals surface area (Å²) in [6.45, 7) is 5.10. The van der Waals surface area contributed by atoms with Crippen LogP contribution in [0.1, 0.15) is 20.8 Å². The third-order valence-electron chi connectivity index (χ3n) is 5.02. The van der Waals surface area contributed by atoms with Gasteiger partial charge < -0.3 is 0 Å². The monoisotopic (exact) mass is 444 g/mol. The van der Waals surface area contributed by atoms with Gasteiger partial charge in [-0.2, -0.15) is 0 Å². The molecule has 0 aromatic rings. The van der Waals surface area contributed by atoms with Crippen LogP contribution in [0.5, 0.6) is 0 Å². The highest BCUT2D eigenvalue weighted by atomic mass is 35.6. The Hall–Kier alpha value is 2.61. The molecule has 0 unspecified atom stereocenters. The quantitative estimate of drug-likeness (QED) is 0.361. The van der Waals surface area contributed by atoms with Crippen molar-refractivity contribution in [3.63, 3.8) is 0 Å².